The summed E-state index contributed by atoms with van der Waals surface area (Å²) in [6, 6.07) is -0.621. The van der Waals surface area contributed by atoms with Gasteiger partial charge in [0.1, 0.15) is 6.04 Å². The fourth-order valence-electron chi connectivity index (χ4n) is 0.977. The monoisotopic (exact) mass is 262 g/mol. The van der Waals surface area contributed by atoms with Crippen molar-refractivity contribution in [2.75, 3.05) is 18.1 Å². The van der Waals surface area contributed by atoms with E-state index in [2.05, 4.69) is 17.2 Å². The maximum Gasteiger partial charge on any atom is 0.326 e. The first-order valence-electron chi connectivity index (χ1n) is 5.07. The highest BCUT2D eigenvalue weighted by Crippen LogP contribution is 2.04. The highest BCUT2D eigenvalue weighted by molar-refractivity contribution is 7.99. The second-order valence-corrected chi connectivity index (χ2v) is 4.82. The maximum absolute atomic E-state index is 10.9. The van der Waals surface area contributed by atoms with Crippen LogP contribution in [0.1, 0.15) is 13.3 Å². The van der Waals surface area contributed by atoms with Gasteiger partial charge >= 0.3 is 5.97 Å². The predicted molar refractivity (Wildman–Crippen MR) is 73.0 cm³/mol. The van der Waals surface area contributed by atoms with Gasteiger partial charge in [0, 0.05) is 6.54 Å². The van der Waals surface area contributed by atoms with Crippen LogP contribution in [0.4, 0.5) is 0 Å². The summed E-state index contributed by atoms with van der Waals surface area (Å²) in [5.74, 6) is 0.926. The Morgan fingerprint density at radius 2 is 2.38 bits per heavy atom. The van der Waals surface area contributed by atoms with Gasteiger partial charge in [0.2, 0.25) is 0 Å². The molecule has 0 spiro atoms. The van der Waals surface area contributed by atoms with Crippen LogP contribution in [-0.4, -0.2) is 40.3 Å². The molecule has 0 aromatic heterocycles. The standard InChI is InChI=1S/C10H18N2O2S2/c1-3-6-11-10(15)12-8(9(13)14)5-7-16-4-2/h3,8H,1,4-7H2,2H3,(H,13,14)(H2,11,12,15). The van der Waals surface area contributed by atoms with Crippen molar-refractivity contribution in [3.8, 4) is 0 Å². The van der Waals surface area contributed by atoms with Crippen molar-refractivity contribution >= 4 is 35.1 Å². The van der Waals surface area contributed by atoms with E-state index in [0.717, 1.165) is 11.5 Å². The summed E-state index contributed by atoms with van der Waals surface area (Å²) in [6.45, 7) is 6.11. The van der Waals surface area contributed by atoms with Crippen molar-refractivity contribution in [2.24, 2.45) is 0 Å². The van der Waals surface area contributed by atoms with Crippen LogP contribution in [0.2, 0.25) is 0 Å². The van der Waals surface area contributed by atoms with Gasteiger partial charge in [-0.15, -0.1) is 6.58 Å². The molecule has 1 unspecified atom stereocenters. The molecule has 4 nitrogen and oxygen atoms in total. The number of carbonyl (C=O) groups is 1. The zero-order valence-corrected chi connectivity index (χ0v) is 11.0. The van der Waals surface area contributed by atoms with Crippen LogP contribution in [0.3, 0.4) is 0 Å². The molecule has 0 saturated heterocycles. The average Bonchev–Trinajstić information content (AvgIpc) is 2.25. The lowest BCUT2D eigenvalue weighted by molar-refractivity contribution is -0.139. The number of nitrogens with one attached hydrogen (secondary N) is 2. The van der Waals surface area contributed by atoms with Gasteiger partial charge in [0.05, 0.1) is 0 Å². The van der Waals surface area contributed by atoms with Crippen molar-refractivity contribution in [1.82, 2.24) is 10.6 Å². The van der Waals surface area contributed by atoms with Gasteiger partial charge in [-0.2, -0.15) is 11.8 Å². The second kappa shape index (κ2) is 9.47. The van der Waals surface area contributed by atoms with E-state index in [1.165, 1.54) is 0 Å². The Hall–Kier alpha value is -0.750. The predicted octanol–water partition coefficient (Wildman–Crippen LogP) is 1.23. The minimum Gasteiger partial charge on any atom is -0.480 e. The quantitative estimate of drug-likeness (QED) is 0.347. The van der Waals surface area contributed by atoms with Crippen molar-refractivity contribution < 1.29 is 9.90 Å². The Morgan fingerprint density at radius 1 is 1.69 bits per heavy atom. The topological polar surface area (TPSA) is 61.4 Å². The maximum atomic E-state index is 10.9. The van der Waals surface area contributed by atoms with Crippen molar-refractivity contribution in [3.63, 3.8) is 0 Å². The summed E-state index contributed by atoms with van der Waals surface area (Å²) in [7, 11) is 0. The molecule has 0 aliphatic heterocycles. The number of carboxylic acid groups (broad SMARTS) is 1. The van der Waals surface area contributed by atoms with Crippen LogP contribution >= 0.6 is 24.0 Å². The van der Waals surface area contributed by atoms with Gasteiger partial charge in [-0.1, -0.05) is 13.0 Å². The van der Waals surface area contributed by atoms with Crippen molar-refractivity contribution in [2.45, 2.75) is 19.4 Å². The first kappa shape index (κ1) is 15.2. The lowest BCUT2D eigenvalue weighted by Crippen LogP contribution is -2.46. The third-order valence-corrected chi connectivity index (χ3v) is 2.96. The van der Waals surface area contributed by atoms with Crippen LogP contribution < -0.4 is 10.6 Å². The fourth-order valence-corrected chi connectivity index (χ4v) is 1.89. The zero-order valence-electron chi connectivity index (χ0n) is 9.36. The number of aliphatic carboxylic acids is 1. The van der Waals surface area contributed by atoms with E-state index in [-0.39, 0.29) is 0 Å². The molecule has 0 aromatic carbocycles. The summed E-state index contributed by atoms with van der Waals surface area (Å²) >= 11 is 6.67. The molecule has 0 fully saturated rings. The summed E-state index contributed by atoms with van der Waals surface area (Å²) in [6.07, 6.45) is 2.22. The van der Waals surface area contributed by atoms with Gasteiger partial charge in [-0.05, 0) is 30.1 Å². The van der Waals surface area contributed by atoms with Gasteiger partial charge in [0.25, 0.3) is 0 Å². The van der Waals surface area contributed by atoms with Crippen LogP contribution in [0.5, 0.6) is 0 Å². The fraction of sp³-hybridized carbons (Fsp3) is 0.600. The molecule has 6 heteroatoms. The Labute approximate surface area is 106 Å². The Bertz CT molecular complexity index is 247. The van der Waals surface area contributed by atoms with Crippen LogP contribution in [0.25, 0.3) is 0 Å². The summed E-state index contributed by atoms with van der Waals surface area (Å²) < 4.78 is 0. The molecule has 1 atom stereocenters. The summed E-state index contributed by atoms with van der Waals surface area (Å²) in [4.78, 5) is 10.9. The zero-order chi connectivity index (χ0) is 12.4. The minimum atomic E-state index is -0.876. The first-order valence-corrected chi connectivity index (χ1v) is 6.63. The lowest BCUT2D eigenvalue weighted by atomic mass is 10.2. The molecule has 0 saturated carbocycles. The lowest BCUT2D eigenvalue weighted by Gasteiger charge is -2.16. The van der Waals surface area contributed by atoms with Crippen LogP contribution in [-0.2, 0) is 4.79 Å². The van der Waals surface area contributed by atoms with Gasteiger partial charge in [-0.3, -0.25) is 0 Å². The Kier molecular flexibility index (Phi) is 9.03. The molecular weight excluding hydrogens is 244 g/mol. The van der Waals surface area contributed by atoms with E-state index in [9.17, 15) is 4.79 Å². The van der Waals surface area contributed by atoms with Gasteiger partial charge < -0.3 is 15.7 Å². The highest BCUT2D eigenvalue weighted by atomic mass is 32.2. The normalized spacial score (nSPS) is 11.6. The number of thioether (sulfide) groups is 1. The first-order chi connectivity index (χ1) is 7.61. The van der Waals surface area contributed by atoms with E-state index in [0.29, 0.717) is 18.1 Å². The SMILES string of the molecule is C=CCNC(=S)NC(CCSCC)C(=O)O. The molecule has 92 valence electrons. The molecule has 3 N–H and O–H groups in total. The largest absolute Gasteiger partial charge is 0.480 e. The second-order valence-electron chi connectivity index (χ2n) is 3.02. The van der Waals surface area contributed by atoms with E-state index >= 15 is 0 Å². The molecule has 0 amide bonds. The van der Waals surface area contributed by atoms with E-state index in [1.807, 2.05) is 6.92 Å². The van der Waals surface area contributed by atoms with Gasteiger partial charge in [-0.25, -0.2) is 4.79 Å². The number of hydrogen-bond donors (Lipinski definition) is 3. The van der Waals surface area contributed by atoms with Gasteiger partial charge in [0.15, 0.2) is 5.11 Å². The number of carboxylic acids is 1. The molecule has 0 bridgehead atoms. The number of rotatable bonds is 8. The molecule has 0 aliphatic carbocycles. The molecule has 0 aliphatic rings. The van der Waals surface area contributed by atoms with Crippen molar-refractivity contribution in [3.05, 3.63) is 12.7 Å². The Balaban J connectivity index is 3.96. The van der Waals surface area contributed by atoms with E-state index in [1.54, 1.807) is 17.8 Å². The smallest absolute Gasteiger partial charge is 0.326 e. The molecule has 0 rings (SSSR count). The molecule has 0 heterocycles. The van der Waals surface area contributed by atoms with E-state index in [4.69, 9.17) is 17.3 Å². The van der Waals surface area contributed by atoms with Crippen LogP contribution in [0, 0.1) is 0 Å². The summed E-state index contributed by atoms with van der Waals surface area (Å²) in [5.41, 5.74) is 0. The van der Waals surface area contributed by atoms with Crippen molar-refractivity contribution in [1.29, 1.82) is 0 Å². The van der Waals surface area contributed by atoms with Crippen LogP contribution in [0.15, 0.2) is 12.7 Å². The minimum absolute atomic E-state index is 0.355. The molecule has 16 heavy (non-hydrogen) atoms. The third kappa shape index (κ3) is 7.53. The third-order valence-electron chi connectivity index (χ3n) is 1.77. The highest BCUT2D eigenvalue weighted by Gasteiger charge is 2.17. The molecular formula is C10H18N2O2S2. The Morgan fingerprint density at radius 3 is 2.88 bits per heavy atom. The molecule has 0 radical (unpaired) electrons. The number of hydrogen-bond acceptors (Lipinski definition) is 3. The number of thiocarbonyl (C=S) groups is 1. The summed E-state index contributed by atoms with van der Waals surface area (Å²) in [5, 5.41) is 14.9. The average molecular weight is 262 g/mol. The molecule has 0 aromatic rings. The van der Waals surface area contributed by atoms with E-state index < -0.39 is 12.0 Å².